The van der Waals surface area contributed by atoms with Crippen molar-refractivity contribution < 1.29 is 36.0 Å². The fourth-order valence-corrected chi connectivity index (χ4v) is 26.8. The molecule has 25 aromatic rings. The van der Waals surface area contributed by atoms with Gasteiger partial charge in [0.1, 0.15) is 67.3 Å². The number of fused-ring (bicyclic) bond motifs is 28. The Bertz CT molecular complexity index is 8970. The van der Waals surface area contributed by atoms with Crippen LogP contribution in [0, 0.1) is 0 Å². The summed E-state index contributed by atoms with van der Waals surface area (Å²) in [5.74, 6) is 1.49. The van der Waals surface area contributed by atoms with Gasteiger partial charge in [0.2, 0.25) is 5.43 Å². The van der Waals surface area contributed by atoms with Crippen molar-refractivity contribution in [2.75, 3.05) is 0 Å². The van der Waals surface area contributed by atoms with Crippen molar-refractivity contribution in [2.24, 2.45) is 0 Å². The van der Waals surface area contributed by atoms with Gasteiger partial charge in [0.25, 0.3) is 0 Å². The molecule has 0 saturated carbocycles. The van der Waals surface area contributed by atoms with E-state index in [2.05, 4.69) is 183 Å². The summed E-state index contributed by atoms with van der Waals surface area (Å²) in [4.78, 5) is 13.1. The topological polar surface area (TPSA) is 136 Å². The van der Waals surface area contributed by atoms with Crippen molar-refractivity contribution >= 4 is 224 Å². The van der Waals surface area contributed by atoms with E-state index in [1.807, 2.05) is 231 Å². The maximum atomic E-state index is 16.5. The molecule has 2 atom stereocenters. The van der Waals surface area contributed by atoms with Gasteiger partial charge in [-0.1, -0.05) is 268 Å². The average molecular weight is 1730 g/mol. The molecule has 0 saturated heterocycles. The first-order valence-electron chi connectivity index (χ1n) is 41.2. The average Bonchev–Trinajstić information content (AvgIpc) is 0.825. The molecule has 0 fully saturated rings. The van der Waals surface area contributed by atoms with E-state index in [0.717, 1.165) is 207 Å². The molecular formula is C111H69BBrN2O9P2. The molecule has 0 aliphatic carbocycles. The van der Waals surface area contributed by atoms with Crippen LogP contribution in [0.15, 0.2) is 426 Å². The Morgan fingerprint density at radius 3 is 1.22 bits per heavy atom. The number of para-hydroxylation sites is 8. The molecule has 0 amide bonds. The van der Waals surface area contributed by atoms with Crippen LogP contribution in [0.2, 0.25) is 0 Å². The third kappa shape index (κ3) is 11.1. The van der Waals surface area contributed by atoms with E-state index in [4.69, 9.17) is 26.8 Å². The largest absolute Gasteiger partial charge is 0.457 e. The molecule has 7 aromatic heterocycles. The molecule has 1 spiro atoms. The molecule has 3 radical (unpaired) electrons. The van der Waals surface area contributed by atoms with E-state index in [1.54, 1.807) is 6.07 Å². The first-order chi connectivity index (χ1) is 61.0. The van der Waals surface area contributed by atoms with Crippen molar-refractivity contribution in [3.63, 3.8) is 0 Å². The Kier molecular flexibility index (Phi) is 17.5. The first-order valence-corrected chi connectivity index (χ1v) is 45.4. The summed E-state index contributed by atoms with van der Waals surface area (Å²) in [6.45, 7) is 0. The third-order valence-electron chi connectivity index (χ3n) is 25.3. The van der Waals surface area contributed by atoms with Crippen molar-refractivity contribution in [1.82, 2.24) is 9.13 Å². The second-order valence-corrected chi connectivity index (χ2v) is 38.2. The molecule has 0 N–H and O–H groups in total. The van der Waals surface area contributed by atoms with Crippen LogP contribution in [0.3, 0.4) is 0 Å². The van der Waals surface area contributed by atoms with Crippen LogP contribution in [0.4, 0.5) is 0 Å². The zero-order valence-corrected chi connectivity index (χ0v) is 69.8. The summed E-state index contributed by atoms with van der Waals surface area (Å²) in [7, 11) is -6.53. The van der Waals surface area contributed by atoms with Gasteiger partial charge in [-0.15, -0.1) is 0 Å². The lowest BCUT2D eigenvalue weighted by atomic mass is 9.63. The van der Waals surface area contributed by atoms with Gasteiger partial charge < -0.3 is 45.1 Å². The van der Waals surface area contributed by atoms with E-state index in [1.165, 1.54) is 0 Å². The number of benzene rings is 18. The Balaban J connectivity index is 0.000000119. The summed E-state index contributed by atoms with van der Waals surface area (Å²) in [6, 6.07) is 132. The fraction of sp³-hybridized carbons (Fsp3) is 0.0180. The summed E-state index contributed by atoms with van der Waals surface area (Å²) >= 11 is 3.70. The minimum Gasteiger partial charge on any atom is -0.457 e. The molecule has 2 aliphatic heterocycles. The third-order valence-corrected chi connectivity index (χ3v) is 32.5. The Morgan fingerprint density at radius 1 is 0.286 bits per heavy atom. The van der Waals surface area contributed by atoms with Gasteiger partial charge in [-0.2, -0.15) is 0 Å². The molecule has 15 heteroatoms. The van der Waals surface area contributed by atoms with E-state index < -0.39 is 19.7 Å². The molecule has 2 unspecified atom stereocenters. The SMILES string of the molecule is C.O=P(c1ccccc1)(c1ccccc1)c1cc2oc3ccccc3c2cc1Br.O=P1(c2ccccc2)c2ccccc2C2(c3ccccc3Oc3cc(-n4c5ccccc5c5cc6c(cc54)oc4ccccc46)ccc32)c2cc3c(cc21)oc1ccccc13.O=c1c2ccccc2oc2cc(-n3c4ccccc4c4cc5c(cc43)oc3ccccc35)ccc12.[B]. The number of furan rings is 4. The Hall–Kier alpha value is -15.0. The Labute approximate surface area is 730 Å². The number of halogens is 1. The van der Waals surface area contributed by atoms with Gasteiger partial charge in [0, 0.05) is 156 Å². The van der Waals surface area contributed by atoms with Crippen LogP contribution < -0.4 is 42.0 Å². The quantitative estimate of drug-likeness (QED) is 0.0905. The monoisotopic (exact) mass is 1730 g/mol. The highest BCUT2D eigenvalue weighted by molar-refractivity contribution is 9.10. The fourth-order valence-electron chi connectivity index (χ4n) is 19.9. The maximum Gasteiger partial charge on any atom is 0.200 e. The smallest absolute Gasteiger partial charge is 0.200 e. The second kappa shape index (κ2) is 29.1. The predicted octanol–water partition coefficient (Wildman–Crippen LogP) is 27.2. The molecule has 597 valence electrons. The highest BCUT2D eigenvalue weighted by Gasteiger charge is 2.55. The van der Waals surface area contributed by atoms with Gasteiger partial charge >= 0.3 is 0 Å². The minimum atomic E-state index is -3.46. The number of hydrogen-bond acceptors (Lipinski definition) is 9. The van der Waals surface area contributed by atoms with Crippen LogP contribution in [0.1, 0.15) is 29.7 Å². The van der Waals surface area contributed by atoms with Gasteiger partial charge in [0.15, 0.2) is 14.3 Å². The number of hydrogen-bond donors (Lipinski definition) is 0. The van der Waals surface area contributed by atoms with E-state index >= 15 is 4.57 Å². The molecule has 9 heterocycles. The van der Waals surface area contributed by atoms with Gasteiger partial charge in [-0.25, -0.2) is 0 Å². The lowest BCUT2D eigenvalue weighted by Gasteiger charge is -2.47. The number of ether oxygens (including phenoxy) is 1. The highest BCUT2D eigenvalue weighted by atomic mass is 79.9. The minimum absolute atomic E-state index is 0. The summed E-state index contributed by atoms with van der Waals surface area (Å²) in [5, 5.41) is 19.0. The summed E-state index contributed by atoms with van der Waals surface area (Å²) in [6.07, 6.45) is 0. The van der Waals surface area contributed by atoms with Gasteiger partial charge in [0.05, 0.1) is 38.3 Å². The van der Waals surface area contributed by atoms with Crippen molar-refractivity contribution in [3.05, 3.63) is 431 Å². The molecule has 2 aliphatic rings. The predicted molar refractivity (Wildman–Crippen MR) is 522 cm³/mol. The molecular weight excluding hydrogens is 1660 g/mol. The molecule has 11 nitrogen and oxygen atoms in total. The number of aromatic nitrogens is 2. The number of rotatable bonds is 6. The van der Waals surface area contributed by atoms with Crippen LogP contribution >= 0.6 is 30.2 Å². The first kappa shape index (κ1) is 76.0. The van der Waals surface area contributed by atoms with Crippen molar-refractivity contribution in [1.29, 1.82) is 0 Å². The maximum absolute atomic E-state index is 16.5. The zero-order valence-electron chi connectivity index (χ0n) is 66.4. The molecule has 18 aromatic carbocycles. The summed E-state index contributed by atoms with van der Waals surface area (Å²) in [5.41, 5.74) is 16.9. The van der Waals surface area contributed by atoms with E-state index in [0.29, 0.717) is 27.5 Å². The van der Waals surface area contributed by atoms with Crippen LogP contribution in [0.25, 0.3) is 165 Å². The normalized spacial score (nSPS) is 14.6. The van der Waals surface area contributed by atoms with E-state index in [9.17, 15) is 9.36 Å². The molecule has 27 rings (SSSR count). The van der Waals surface area contributed by atoms with Gasteiger partial charge in [-0.3, -0.25) is 4.79 Å². The van der Waals surface area contributed by atoms with Crippen LogP contribution in [-0.2, 0) is 14.5 Å². The lowest BCUT2D eigenvalue weighted by molar-refractivity contribution is 0.435. The zero-order chi connectivity index (χ0) is 82.3. The van der Waals surface area contributed by atoms with Crippen molar-refractivity contribution in [2.45, 2.75) is 12.8 Å². The summed E-state index contributed by atoms with van der Waals surface area (Å²) < 4.78 is 75.0. The second-order valence-electron chi connectivity index (χ2n) is 31.9. The Morgan fingerprint density at radius 2 is 0.675 bits per heavy atom. The molecule has 0 bridgehead atoms. The standard InChI is InChI=1S/C55H32NO4P.C31H17NO3.C24H16BrO2P.CH4.B/c57-61(34-14-2-1-3-15-34)53-25-13-8-20-43(53)55(44-30-40-37-18-6-11-23-48(37)59-51(40)32-54(44)61)41-19-7-12-24-49(41)60-52-28-33(26-27-42(52)55)56-45-21-9-4-16-35(45)38-29-39-36-17-5-10-22-47(36)58-50(39)31-46(38)56;33-31-21-9-3-6-12-28(21)35-29-15-18(13-14-22(29)31)32-25-10-4-1-7-19(25)23-16-24-20-8-2-5-11-27(20)34-30(24)17-26(23)32;25-21-15-20-19-13-7-8-14-22(19)27-23(20)16-24(21)28(26,17-9-3-1-4-10-17)18-11-5-2-6-12-18;;/h1-32H;1-17H;1-16H;1H4;. The number of nitrogens with zero attached hydrogens (tertiary/aromatic N) is 2. The van der Waals surface area contributed by atoms with E-state index in [-0.39, 0.29) is 21.3 Å². The van der Waals surface area contributed by atoms with Crippen LogP contribution in [-0.4, -0.2) is 17.5 Å². The lowest BCUT2D eigenvalue weighted by Crippen LogP contribution is -2.48. The highest BCUT2D eigenvalue weighted by Crippen LogP contribution is 2.63. The van der Waals surface area contributed by atoms with Crippen LogP contribution in [0.5, 0.6) is 11.5 Å². The van der Waals surface area contributed by atoms with Gasteiger partial charge in [-0.05, 0) is 136 Å². The van der Waals surface area contributed by atoms with Crippen molar-refractivity contribution in [3.8, 4) is 22.9 Å². The molecule has 126 heavy (non-hydrogen) atoms.